The molecule has 1 aromatic heterocycles. The van der Waals surface area contributed by atoms with Crippen molar-refractivity contribution >= 4 is 0 Å². The Hall–Kier alpha value is -1.13. The van der Waals surface area contributed by atoms with Crippen LogP contribution in [0.5, 0.6) is 0 Å². The number of aryl methyl sites for hydroxylation is 1. The predicted octanol–water partition coefficient (Wildman–Crippen LogP) is -0.0979. The van der Waals surface area contributed by atoms with E-state index in [0.717, 1.165) is 5.62 Å². The fraction of sp³-hybridized carbons (Fsp3) is 0.857. The molecule has 1 rings (SSSR count). The zero-order chi connectivity index (χ0) is 9.35. The van der Waals surface area contributed by atoms with Crippen LogP contribution in [0.1, 0.15) is 20.8 Å². The number of rotatable bonds is 0. The third kappa shape index (κ3) is 1.39. The average Bonchev–Trinajstić information content (AvgIpc) is 2.29. The topological polar surface area (TPSA) is 48.0 Å². The minimum Gasteiger partial charge on any atom is -0.253 e. The van der Waals surface area contributed by atoms with E-state index >= 15 is 0 Å². The minimum absolute atomic E-state index is 0.0664. The van der Waals surface area contributed by atoms with Crippen molar-refractivity contribution in [2.24, 2.45) is 12.0 Å². The molecular weight excluding hydrogens is 154 g/mol. The first-order chi connectivity index (χ1) is 5.46. The Morgan fingerprint density at radius 2 is 1.83 bits per heavy atom. The molecule has 0 aromatic carbocycles. The van der Waals surface area contributed by atoms with E-state index in [4.69, 9.17) is 0 Å². The molecule has 0 aliphatic carbocycles. The zero-order valence-corrected chi connectivity index (χ0v) is 8.24. The average molecular weight is 169 g/mol. The molecule has 0 atom stereocenters. The smallest absolute Gasteiger partial charge is 0.241 e. The molecule has 0 saturated heterocycles. The van der Waals surface area contributed by atoms with E-state index in [1.807, 2.05) is 7.05 Å². The minimum atomic E-state index is -0.0664. The maximum absolute atomic E-state index is 4.10. The molecule has 0 amide bonds. The second-order valence-corrected chi connectivity index (χ2v) is 3.71. The van der Waals surface area contributed by atoms with Gasteiger partial charge in [-0.1, -0.05) is 0 Å². The van der Waals surface area contributed by atoms with Crippen LogP contribution in [0.25, 0.3) is 0 Å². The van der Waals surface area contributed by atoms with Gasteiger partial charge in [-0.3, -0.25) is 4.99 Å². The first kappa shape index (κ1) is 8.96. The lowest BCUT2D eigenvalue weighted by Crippen LogP contribution is -2.36. The molecule has 0 bridgehead atoms. The van der Waals surface area contributed by atoms with Crippen LogP contribution in [-0.2, 0) is 12.6 Å². The van der Waals surface area contributed by atoms with Crippen LogP contribution < -0.4 is 5.62 Å². The Morgan fingerprint density at radius 3 is 2.17 bits per heavy atom. The third-order valence-corrected chi connectivity index (χ3v) is 1.58. The standard InChI is InChI=1S/C7H15N5/c1-7(2,3)12-6(8-4)11(5)9-10-12/h1-5H3. The molecule has 0 spiro atoms. The molecule has 0 aliphatic rings. The maximum atomic E-state index is 4.10. The molecule has 0 saturated carbocycles. The third-order valence-electron chi connectivity index (χ3n) is 1.58. The summed E-state index contributed by atoms with van der Waals surface area (Å²) in [5.74, 6) is 0. The second-order valence-electron chi connectivity index (χ2n) is 3.71. The highest BCUT2D eigenvalue weighted by molar-refractivity contribution is 4.70. The van der Waals surface area contributed by atoms with Crippen molar-refractivity contribution in [2.45, 2.75) is 26.3 Å². The molecule has 0 fully saturated rings. The van der Waals surface area contributed by atoms with Gasteiger partial charge in [0.05, 0.1) is 5.54 Å². The summed E-state index contributed by atoms with van der Waals surface area (Å²) in [6, 6.07) is 0. The predicted molar refractivity (Wildman–Crippen MR) is 45.5 cm³/mol. The highest BCUT2D eigenvalue weighted by Crippen LogP contribution is 2.06. The SMILES string of the molecule is CN=c1n(C)nnn1C(C)(C)C. The Labute approximate surface area is 71.7 Å². The van der Waals surface area contributed by atoms with Gasteiger partial charge in [0.1, 0.15) is 0 Å². The molecule has 0 unspecified atom stereocenters. The van der Waals surface area contributed by atoms with Crippen LogP contribution in [-0.4, -0.2) is 26.8 Å². The van der Waals surface area contributed by atoms with E-state index in [1.165, 1.54) is 0 Å². The van der Waals surface area contributed by atoms with Gasteiger partial charge < -0.3 is 0 Å². The van der Waals surface area contributed by atoms with Crippen molar-refractivity contribution in [1.82, 2.24) is 19.8 Å². The summed E-state index contributed by atoms with van der Waals surface area (Å²) < 4.78 is 3.46. The van der Waals surface area contributed by atoms with Gasteiger partial charge in [0.2, 0.25) is 5.62 Å². The monoisotopic (exact) mass is 169 g/mol. The number of aromatic nitrogens is 4. The van der Waals surface area contributed by atoms with Crippen LogP contribution >= 0.6 is 0 Å². The summed E-state index contributed by atoms with van der Waals surface area (Å²) in [4.78, 5) is 4.10. The molecule has 0 N–H and O–H groups in total. The van der Waals surface area contributed by atoms with Crippen molar-refractivity contribution in [3.63, 3.8) is 0 Å². The first-order valence-corrected chi connectivity index (χ1v) is 3.89. The van der Waals surface area contributed by atoms with Gasteiger partial charge in [0.15, 0.2) is 0 Å². The van der Waals surface area contributed by atoms with E-state index in [-0.39, 0.29) is 5.54 Å². The highest BCUT2D eigenvalue weighted by atomic mass is 15.6. The van der Waals surface area contributed by atoms with Crippen molar-refractivity contribution in [3.8, 4) is 0 Å². The van der Waals surface area contributed by atoms with E-state index in [0.29, 0.717) is 0 Å². The van der Waals surface area contributed by atoms with Gasteiger partial charge >= 0.3 is 0 Å². The van der Waals surface area contributed by atoms with Gasteiger partial charge in [-0.05, 0) is 31.2 Å². The van der Waals surface area contributed by atoms with Crippen molar-refractivity contribution in [3.05, 3.63) is 5.62 Å². The molecule has 0 radical (unpaired) electrons. The number of hydrogen-bond donors (Lipinski definition) is 0. The highest BCUT2D eigenvalue weighted by Gasteiger charge is 2.16. The summed E-state index contributed by atoms with van der Waals surface area (Å²) in [6.45, 7) is 6.20. The van der Waals surface area contributed by atoms with Crippen molar-refractivity contribution in [2.75, 3.05) is 7.05 Å². The number of hydrogen-bond acceptors (Lipinski definition) is 3. The lowest BCUT2D eigenvalue weighted by atomic mass is 10.1. The van der Waals surface area contributed by atoms with E-state index < -0.39 is 0 Å². The molecule has 5 nitrogen and oxygen atoms in total. The Kier molecular flexibility index (Phi) is 2.04. The van der Waals surface area contributed by atoms with Crippen LogP contribution in [0.15, 0.2) is 4.99 Å². The van der Waals surface area contributed by atoms with Crippen LogP contribution in [0.3, 0.4) is 0 Å². The van der Waals surface area contributed by atoms with Crippen molar-refractivity contribution < 1.29 is 0 Å². The van der Waals surface area contributed by atoms with E-state index in [1.54, 1.807) is 16.4 Å². The van der Waals surface area contributed by atoms with Gasteiger partial charge in [-0.15, -0.1) is 0 Å². The number of nitrogens with zero attached hydrogens (tertiary/aromatic N) is 5. The summed E-state index contributed by atoms with van der Waals surface area (Å²) >= 11 is 0. The fourth-order valence-corrected chi connectivity index (χ4v) is 0.991. The van der Waals surface area contributed by atoms with Crippen LogP contribution in [0, 0.1) is 0 Å². The van der Waals surface area contributed by atoms with Crippen molar-refractivity contribution in [1.29, 1.82) is 0 Å². The molecular formula is C7H15N5. The molecule has 1 heterocycles. The van der Waals surface area contributed by atoms with Gasteiger partial charge in [-0.25, -0.2) is 9.36 Å². The lowest BCUT2D eigenvalue weighted by molar-refractivity contribution is 0.332. The molecule has 0 aliphatic heterocycles. The molecule has 12 heavy (non-hydrogen) atoms. The lowest BCUT2D eigenvalue weighted by Gasteiger charge is -2.16. The summed E-state index contributed by atoms with van der Waals surface area (Å²) in [5.41, 5.74) is 0.714. The summed E-state index contributed by atoms with van der Waals surface area (Å²) in [5, 5.41) is 7.88. The second kappa shape index (κ2) is 2.73. The quantitative estimate of drug-likeness (QED) is 0.544. The summed E-state index contributed by atoms with van der Waals surface area (Å²) in [6.07, 6.45) is 0. The zero-order valence-electron chi connectivity index (χ0n) is 8.24. The normalized spacial score (nSPS) is 13.9. The van der Waals surface area contributed by atoms with Crippen LogP contribution in [0.2, 0.25) is 0 Å². The van der Waals surface area contributed by atoms with Gasteiger partial charge in [0.25, 0.3) is 0 Å². The van der Waals surface area contributed by atoms with Gasteiger partial charge in [0, 0.05) is 14.1 Å². The van der Waals surface area contributed by atoms with Gasteiger partial charge in [-0.2, -0.15) is 0 Å². The van der Waals surface area contributed by atoms with E-state index in [9.17, 15) is 0 Å². The van der Waals surface area contributed by atoms with E-state index in [2.05, 4.69) is 36.2 Å². The fourth-order valence-electron chi connectivity index (χ4n) is 0.991. The first-order valence-electron chi connectivity index (χ1n) is 3.89. The molecule has 1 aromatic rings. The molecule has 68 valence electrons. The molecule has 5 heteroatoms. The Bertz CT molecular complexity index is 324. The maximum Gasteiger partial charge on any atom is 0.241 e. The van der Waals surface area contributed by atoms with Crippen LogP contribution in [0.4, 0.5) is 0 Å². The summed E-state index contributed by atoms with van der Waals surface area (Å²) in [7, 11) is 3.57. The Morgan fingerprint density at radius 1 is 1.25 bits per heavy atom. The largest absolute Gasteiger partial charge is 0.253 e. The Balaban J connectivity index is 3.37. The number of tetrazole rings is 1.